The number of amides is 1. The molecule has 4 nitrogen and oxygen atoms in total. The minimum Gasteiger partial charge on any atom is -0.481 e. The van der Waals surface area contributed by atoms with Crippen molar-refractivity contribution in [3.8, 4) is 0 Å². The molecular formula is C15H19NO3. The molecule has 0 aliphatic carbocycles. The maximum atomic E-state index is 12.3. The maximum Gasteiger partial charge on any atom is 0.309 e. The summed E-state index contributed by atoms with van der Waals surface area (Å²) in [5, 5.41) is 9.09. The lowest BCUT2D eigenvalue weighted by Gasteiger charge is -2.31. The van der Waals surface area contributed by atoms with Gasteiger partial charge in [0.2, 0.25) is 0 Å². The van der Waals surface area contributed by atoms with E-state index in [-0.39, 0.29) is 5.91 Å². The van der Waals surface area contributed by atoms with Crippen LogP contribution < -0.4 is 0 Å². The van der Waals surface area contributed by atoms with E-state index >= 15 is 0 Å². The molecule has 1 aliphatic rings. The fourth-order valence-electron chi connectivity index (χ4n) is 2.21. The molecule has 0 spiro atoms. The van der Waals surface area contributed by atoms with E-state index < -0.39 is 11.4 Å². The number of carboxylic acids is 1. The summed E-state index contributed by atoms with van der Waals surface area (Å²) in [5.74, 6) is -0.805. The van der Waals surface area contributed by atoms with Crippen molar-refractivity contribution in [2.75, 3.05) is 13.1 Å². The first-order valence-electron chi connectivity index (χ1n) is 6.52. The van der Waals surface area contributed by atoms with Gasteiger partial charge in [-0.25, -0.2) is 0 Å². The van der Waals surface area contributed by atoms with Gasteiger partial charge in [0.05, 0.1) is 5.41 Å². The highest BCUT2D eigenvalue weighted by molar-refractivity contribution is 5.96. The van der Waals surface area contributed by atoms with Gasteiger partial charge in [-0.3, -0.25) is 9.59 Å². The van der Waals surface area contributed by atoms with Crippen LogP contribution in [0, 0.1) is 5.41 Å². The second-order valence-electron chi connectivity index (χ2n) is 5.64. The largest absolute Gasteiger partial charge is 0.481 e. The summed E-state index contributed by atoms with van der Waals surface area (Å²) in [6, 6.07) is 7.62. The van der Waals surface area contributed by atoms with Crippen molar-refractivity contribution >= 4 is 11.9 Å². The molecule has 0 bridgehead atoms. The number of benzene rings is 1. The number of aliphatic carboxylic acids is 1. The third-order valence-electron chi connectivity index (χ3n) is 3.77. The molecule has 1 aromatic carbocycles. The summed E-state index contributed by atoms with van der Waals surface area (Å²) in [6.07, 6.45) is 1.31. The summed E-state index contributed by atoms with van der Waals surface area (Å²) < 4.78 is 0. The summed E-state index contributed by atoms with van der Waals surface area (Å²) in [4.78, 5) is 25.1. The van der Waals surface area contributed by atoms with Crippen LogP contribution in [-0.2, 0) is 11.2 Å². The monoisotopic (exact) mass is 261 g/mol. The van der Waals surface area contributed by atoms with E-state index in [2.05, 4.69) is 0 Å². The van der Waals surface area contributed by atoms with E-state index in [1.807, 2.05) is 24.3 Å². The van der Waals surface area contributed by atoms with Crippen LogP contribution in [-0.4, -0.2) is 35.0 Å². The maximum absolute atomic E-state index is 12.3. The zero-order valence-corrected chi connectivity index (χ0v) is 11.3. The number of hydrogen-bond donors (Lipinski definition) is 1. The van der Waals surface area contributed by atoms with Crippen LogP contribution in [0.25, 0.3) is 0 Å². The Morgan fingerprint density at radius 2 is 2.05 bits per heavy atom. The van der Waals surface area contributed by atoms with Crippen molar-refractivity contribution in [3.63, 3.8) is 0 Å². The predicted octanol–water partition coefficient (Wildman–Crippen LogP) is 2.19. The number of carboxylic acid groups (broad SMARTS) is 1. The second kappa shape index (κ2) is 5.03. The van der Waals surface area contributed by atoms with Gasteiger partial charge in [0, 0.05) is 18.7 Å². The van der Waals surface area contributed by atoms with Crippen LogP contribution in [0.2, 0.25) is 0 Å². The van der Waals surface area contributed by atoms with Crippen LogP contribution >= 0.6 is 0 Å². The molecule has 0 atom stereocenters. The molecule has 0 unspecified atom stereocenters. The van der Waals surface area contributed by atoms with Crippen molar-refractivity contribution < 1.29 is 14.7 Å². The Hall–Kier alpha value is -1.84. The molecule has 1 aromatic rings. The molecule has 0 aromatic heterocycles. The van der Waals surface area contributed by atoms with E-state index in [0.29, 0.717) is 19.5 Å². The molecule has 0 radical (unpaired) electrons. The lowest BCUT2D eigenvalue weighted by molar-refractivity contribution is -0.147. The number of nitrogens with zero attached hydrogens (tertiary/aromatic N) is 1. The average molecular weight is 261 g/mol. The summed E-state index contributed by atoms with van der Waals surface area (Å²) in [7, 11) is 0. The van der Waals surface area contributed by atoms with Gasteiger partial charge in [0.25, 0.3) is 5.91 Å². The molecule has 4 heteroatoms. The molecule has 2 rings (SSSR count). The molecule has 1 heterocycles. The third kappa shape index (κ3) is 2.78. The van der Waals surface area contributed by atoms with Crippen molar-refractivity contribution in [1.29, 1.82) is 0 Å². The van der Waals surface area contributed by atoms with E-state index in [4.69, 9.17) is 5.11 Å². The van der Waals surface area contributed by atoms with Crippen molar-refractivity contribution in [1.82, 2.24) is 4.90 Å². The summed E-state index contributed by atoms with van der Waals surface area (Å²) >= 11 is 0. The Labute approximate surface area is 113 Å². The average Bonchev–Trinajstić information content (AvgIpc) is 2.38. The van der Waals surface area contributed by atoms with Gasteiger partial charge in [-0.2, -0.15) is 0 Å². The predicted molar refractivity (Wildman–Crippen MR) is 72.1 cm³/mol. The number of carbonyl (C=O) groups excluding carboxylic acids is 1. The van der Waals surface area contributed by atoms with Crippen LogP contribution in [0.3, 0.4) is 0 Å². The van der Waals surface area contributed by atoms with E-state index in [1.165, 1.54) is 0 Å². The highest BCUT2D eigenvalue weighted by Crippen LogP contribution is 2.24. The van der Waals surface area contributed by atoms with Crippen LogP contribution in [0.15, 0.2) is 24.3 Å². The Morgan fingerprint density at radius 1 is 1.37 bits per heavy atom. The van der Waals surface area contributed by atoms with Crippen LogP contribution in [0.4, 0.5) is 0 Å². The van der Waals surface area contributed by atoms with E-state index in [9.17, 15) is 9.59 Å². The normalized spacial score (nSPS) is 15.3. The smallest absolute Gasteiger partial charge is 0.309 e. The Kier molecular flexibility index (Phi) is 3.60. The Morgan fingerprint density at radius 3 is 2.74 bits per heavy atom. The Bertz CT molecular complexity index is 508. The third-order valence-corrected chi connectivity index (χ3v) is 3.77. The quantitative estimate of drug-likeness (QED) is 0.903. The zero-order chi connectivity index (χ0) is 14.0. The van der Waals surface area contributed by atoms with Crippen molar-refractivity contribution in [3.05, 3.63) is 35.4 Å². The zero-order valence-electron chi connectivity index (χ0n) is 11.3. The van der Waals surface area contributed by atoms with Crippen molar-refractivity contribution in [2.24, 2.45) is 5.41 Å². The molecule has 0 saturated heterocycles. The van der Waals surface area contributed by atoms with E-state index in [0.717, 1.165) is 17.5 Å². The minimum absolute atomic E-state index is 0.0167. The summed E-state index contributed by atoms with van der Waals surface area (Å²) in [6.45, 7) is 4.55. The number of hydrogen-bond acceptors (Lipinski definition) is 2. The molecule has 102 valence electrons. The van der Waals surface area contributed by atoms with Gasteiger partial charge >= 0.3 is 5.97 Å². The molecule has 0 saturated carbocycles. The first-order chi connectivity index (χ1) is 8.92. The number of fused-ring (bicyclic) bond motifs is 1. The lowest BCUT2D eigenvalue weighted by atomic mass is 9.89. The van der Waals surface area contributed by atoms with Crippen LogP contribution in [0.5, 0.6) is 0 Å². The molecule has 19 heavy (non-hydrogen) atoms. The second-order valence-corrected chi connectivity index (χ2v) is 5.64. The standard InChI is InChI=1S/C15H19NO3/c1-15(2,14(18)19)8-10-16-9-7-11-5-3-4-6-12(11)13(16)17/h3-6H,7-10H2,1-2H3,(H,18,19). The van der Waals surface area contributed by atoms with Gasteiger partial charge in [0.15, 0.2) is 0 Å². The first-order valence-corrected chi connectivity index (χ1v) is 6.52. The fourth-order valence-corrected chi connectivity index (χ4v) is 2.21. The highest BCUT2D eigenvalue weighted by atomic mass is 16.4. The lowest BCUT2D eigenvalue weighted by Crippen LogP contribution is -2.40. The van der Waals surface area contributed by atoms with Gasteiger partial charge in [-0.15, -0.1) is 0 Å². The topological polar surface area (TPSA) is 57.6 Å². The van der Waals surface area contributed by atoms with Gasteiger partial charge in [-0.05, 0) is 38.3 Å². The van der Waals surface area contributed by atoms with Gasteiger partial charge in [-0.1, -0.05) is 18.2 Å². The van der Waals surface area contributed by atoms with E-state index in [1.54, 1.807) is 18.7 Å². The van der Waals surface area contributed by atoms with Crippen molar-refractivity contribution in [2.45, 2.75) is 26.7 Å². The molecular weight excluding hydrogens is 242 g/mol. The minimum atomic E-state index is -0.822. The molecule has 1 N–H and O–H groups in total. The first kappa shape index (κ1) is 13.6. The SMILES string of the molecule is CC(C)(CCN1CCc2ccccc2C1=O)C(=O)O. The number of rotatable bonds is 4. The van der Waals surface area contributed by atoms with Gasteiger partial charge in [0.1, 0.15) is 0 Å². The molecule has 1 amide bonds. The van der Waals surface area contributed by atoms with Crippen LogP contribution in [0.1, 0.15) is 36.2 Å². The molecule has 1 aliphatic heterocycles. The fraction of sp³-hybridized carbons (Fsp3) is 0.467. The number of carbonyl (C=O) groups is 2. The summed E-state index contributed by atoms with van der Waals surface area (Å²) in [5.41, 5.74) is 1.04. The molecule has 0 fully saturated rings. The Balaban J connectivity index is 2.05. The highest BCUT2D eigenvalue weighted by Gasteiger charge is 2.30. The van der Waals surface area contributed by atoms with Gasteiger partial charge < -0.3 is 10.0 Å².